The SMILES string of the molecule is O=C(NCC(O)(c1ccco1)c1cccs1)C(=O)Nc1cc2c3c(c1)CCC(=O)N3CCC2. The van der Waals surface area contributed by atoms with Crippen molar-refractivity contribution in [3.8, 4) is 0 Å². The quantitative estimate of drug-likeness (QED) is 0.502. The first-order chi connectivity index (χ1) is 16.0. The minimum Gasteiger partial charge on any atom is -0.466 e. The van der Waals surface area contributed by atoms with Crippen molar-refractivity contribution in [2.24, 2.45) is 0 Å². The first-order valence-electron chi connectivity index (χ1n) is 10.8. The fourth-order valence-corrected chi connectivity index (χ4v) is 5.35. The maximum atomic E-state index is 12.6. The predicted molar refractivity (Wildman–Crippen MR) is 123 cm³/mol. The van der Waals surface area contributed by atoms with E-state index in [0.717, 1.165) is 36.2 Å². The Morgan fingerprint density at radius 3 is 2.67 bits per heavy atom. The third-order valence-electron chi connectivity index (χ3n) is 6.10. The number of furan rings is 1. The molecule has 2 aromatic heterocycles. The second-order valence-electron chi connectivity index (χ2n) is 8.24. The number of carbonyl (C=O) groups is 3. The zero-order valence-corrected chi connectivity index (χ0v) is 18.6. The summed E-state index contributed by atoms with van der Waals surface area (Å²) >= 11 is 1.32. The molecule has 5 rings (SSSR count). The zero-order chi connectivity index (χ0) is 23.0. The van der Waals surface area contributed by atoms with Gasteiger partial charge in [0.2, 0.25) is 5.91 Å². The van der Waals surface area contributed by atoms with Crippen LogP contribution >= 0.6 is 11.3 Å². The number of amides is 3. The molecular formula is C24H23N3O5S. The van der Waals surface area contributed by atoms with Gasteiger partial charge in [-0.3, -0.25) is 14.4 Å². The fourth-order valence-electron chi connectivity index (χ4n) is 4.53. The molecule has 1 unspecified atom stereocenters. The Balaban J connectivity index is 1.30. The molecular weight excluding hydrogens is 442 g/mol. The molecule has 0 fully saturated rings. The summed E-state index contributed by atoms with van der Waals surface area (Å²) in [5.41, 5.74) is 1.92. The summed E-state index contributed by atoms with van der Waals surface area (Å²) in [6.07, 6.45) is 4.19. The number of benzene rings is 1. The Morgan fingerprint density at radius 1 is 1.12 bits per heavy atom. The van der Waals surface area contributed by atoms with Crippen molar-refractivity contribution in [1.82, 2.24) is 5.32 Å². The standard InChI is InChI=1S/C24H23N3O5S/c28-20-8-7-16-13-17(12-15-4-1-9-27(20)21(15)16)26-23(30)22(29)25-14-24(31,18-5-2-10-32-18)19-6-3-11-33-19/h2-3,5-6,10-13,31H,1,4,7-9,14H2,(H,25,29)(H,26,30). The summed E-state index contributed by atoms with van der Waals surface area (Å²) in [6, 6.07) is 10.5. The monoisotopic (exact) mass is 465 g/mol. The number of anilines is 2. The van der Waals surface area contributed by atoms with Crippen LogP contribution in [-0.4, -0.2) is 35.9 Å². The van der Waals surface area contributed by atoms with Crippen molar-refractivity contribution >= 4 is 40.4 Å². The molecule has 8 nitrogen and oxygen atoms in total. The fraction of sp³-hybridized carbons (Fsp3) is 0.292. The Bertz CT molecular complexity index is 1150. The van der Waals surface area contributed by atoms with Crippen LogP contribution in [0.4, 0.5) is 11.4 Å². The summed E-state index contributed by atoms with van der Waals surface area (Å²) in [7, 11) is 0. The van der Waals surface area contributed by atoms with Crippen LogP contribution < -0.4 is 15.5 Å². The first-order valence-corrected chi connectivity index (χ1v) is 11.7. The van der Waals surface area contributed by atoms with Gasteiger partial charge in [-0.1, -0.05) is 6.07 Å². The van der Waals surface area contributed by atoms with E-state index in [1.807, 2.05) is 22.4 Å². The smallest absolute Gasteiger partial charge is 0.313 e. The van der Waals surface area contributed by atoms with Gasteiger partial charge in [0.15, 0.2) is 5.60 Å². The lowest BCUT2D eigenvalue weighted by atomic mass is 9.91. The summed E-state index contributed by atoms with van der Waals surface area (Å²) in [5.74, 6) is -1.28. The van der Waals surface area contributed by atoms with Gasteiger partial charge in [-0.2, -0.15) is 0 Å². The number of hydrogen-bond donors (Lipinski definition) is 3. The second kappa shape index (κ2) is 8.49. The van der Waals surface area contributed by atoms with E-state index in [9.17, 15) is 19.5 Å². The molecule has 0 spiro atoms. The lowest BCUT2D eigenvalue weighted by Crippen LogP contribution is -2.44. The van der Waals surface area contributed by atoms with Crippen LogP contribution in [0.3, 0.4) is 0 Å². The van der Waals surface area contributed by atoms with E-state index >= 15 is 0 Å². The second-order valence-corrected chi connectivity index (χ2v) is 9.19. The number of rotatable bonds is 5. The highest BCUT2D eigenvalue weighted by Gasteiger charge is 2.37. The van der Waals surface area contributed by atoms with E-state index in [1.54, 1.807) is 24.3 Å². The number of thiophene rings is 1. The highest BCUT2D eigenvalue weighted by atomic mass is 32.1. The van der Waals surface area contributed by atoms with Gasteiger partial charge >= 0.3 is 11.8 Å². The third kappa shape index (κ3) is 3.94. The maximum Gasteiger partial charge on any atom is 0.313 e. The average molecular weight is 466 g/mol. The molecule has 0 bridgehead atoms. The Kier molecular flexibility index (Phi) is 5.51. The van der Waals surface area contributed by atoms with Gasteiger partial charge in [-0.25, -0.2) is 0 Å². The number of aliphatic hydroxyl groups is 1. The molecule has 2 aliphatic heterocycles. The highest BCUT2D eigenvalue weighted by Crippen LogP contribution is 2.38. The minimum absolute atomic E-state index is 0.134. The van der Waals surface area contributed by atoms with Gasteiger partial charge in [0.1, 0.15) is 5.76 Å². The van der Waals surface area contributed by atoms with Gasteiger partial charge in [-0.05, 0) is 66.1 Å². The minimum atomic E-state index is -1.58. The van der Waals surface area contributed by atoms with Crippen molar-refractivity contribution in [2.75, 3.05) is 23.3 Å². The van der Waals surface area contributed by atoms with E-state index in [4.69, 9.17) is 4.42 Å². The van der Waals surface area contributed by atoms with Gasteiger partial charge in [-0.15, -0.1) is 11.3 Å². The van der Waals surface area contributed by atoms with Crippen molar-refractivity contribution < 1.29 is 23.9 Å². The number of carbonyl (C=O) groups excluding carboxylic acids is 3. The molecule has 1 aromatic carbocycles. The molecule has 3 aromatic rings. The molecule has 0 aliphatic carbocycles. The predicted octanol–water partition coefficient (Wildman–Crippen LogP) is 2.56. The van der Waals surface area contributed by atoms with Crippen LogP contribution in [0.25, 0.3) is 0 Å². The molecule has 33 heavy (non-hydrogen) atoms. The van der Waals surface area contributed by atoms with Gasteiger partial charge in [0.05, 0.1) is 18.5 Å². The Hall–Kier alpha value is -3.43. The molecule has 2 aliphatic rings. The summed E-state index contributed by atoms with van der Waals surface area (Å²) in [4.78, 5) is 39.8. The largest absolute Gasteiger partial charge is 0.466 e. The van der Waals surface area contributed by atoms with E-state index in [2.05, 4.69) is 10.6 Å². The van der Waals surface area contributed by atoms with Crippen LogP contribution in [0.1, 0.15) is 34.6 Å². The molecule has 1 atom stereocenters. The summed E-state index contributed by atoms with van der Waals surface area (Å²) < 4.78 is 5.39. The van der Waals surface area contributed by atoms with Crippen LogP contribution in [0.15, 0.2) is 52.5 Å². The van der Waals surface area contributed by atoms with E-state index in [1.165, 1.54) is 17.6 Å². The molecule has 3 N–H and O–H groups in total. The number of nitrogens with one attached hydrogen (secondary N) is 2. The Morgan fingerprint density at radius 2 is 1.94 bits per heavy atom. The van der Waals surface area contributed by atoms with Crippen LogP contribution in [0, 0.1) is 0 Å². The van der Waals surface area contributed by atoms with Crippen molar-refractivity contribution in [1.29, 1.82) is 0 Å². The topological polar surface area (TPSA) is 112 Å². The third-order valence-corrected chi connectivity index (χ3v) is 7.12. The van der Waals surface area contributed by atoms with Crippen LogP contribution in [-0.2, 0) is 32.8 Å². The lowest BCUT2D eigenvalue weighted by molar-refractivity contribution is -0.136. The zero-order valence-electron chi connectivity index (χ0n) is 17.8. The molecule has 9 heteroatoms. The average Bonchev–Trinajstić information content (AvgIpc) is 3.54. The maximum absolute atomic E-state index is 12.6. The van der Waals surface area contributed by atoms with E-state index in [0.29, 0.717) is 23.4 Å². The number of hydrogen-bond acceptors (Lipinski definition) is 6. The molecule has 0 saturated carbocycles. The van der Waals surface area contributed by atoms with Crippen molar-refractivity contribution in [3.63, 3.8) is 0 Å². The van der Waals surface area contributed by atoms with E-state index in [-0.39, 0.29) is 18.2 Å². The highest BCUT2D eigenvalue weighted by molar-refractivity contribution is 7.10. The van der Waals surface area contributed by atoms with Crippen LogP contribution in [0.2, 0.25) is 0 Å². The summed E-state index contributed by atoms with van der Waals surface area (Å²) in [5, 5.41) is 18.3. The Labute approximate surface area is 194 Å². The first kappa shape index (κ1) is 21.4. The van der Waals surface area contributed by atoms with Gasteiger partial charge in [0.25, 0.3) is 0 Å². The van der Waals surface area contributed by atoms with Crippen molar-refractivity contribution in [2.45, 2.75) is 31.3 Å². The molecule has 170 valence electrons. The molecule has 4 heterocycles. The van der Waals surface area contributed by atoms with Gasteiger partial charge < -0.3 is 25.1 Å². The normalized spacial score (nSPS) is 16.6. The number of nitrogens with zero attached hydrogens (tertiary/aromatic N) is 1. The number of aryl methyl sites for hydroxylation is 2. The lowest BCUT2D eigenvalue weighted by Gasteiger charge is -2.35. The molecule has 0 radical (unpaired) electrons. The van der Waals surface area contributed by atoms with Crippen molar-refractivity contribution in [3.05, 3.63) is 69.8 Å². The van der Waals surface area contributed by atoms with E-state index < -0.39 is 17.4 Å². The molecule has 3 amide bonds. The van der Waals surface area contributed by atoms with Gasteiger partial charge in [0, 0.05) is 23.5 Å². The van der Waals surface area contributed by atoms with Crippen LogP contribution in [0.5, 0.6) is 0 Å². The molecule has 0 saturated heterocycles. The summed E-state index contributed by atoms with van der Waals surface area (Å²) in [6.45, 7) is 0.496.